The Morgan fingerprint density at radius 2 is 1.94 bits per heavy atom. The molecule has 0 saturated heterocycles. The Bertz CT molecular complexity index is 1130. The van der Waals surface area contributed by atoms with Crippen molar-refractivity contribution in [3.8, 4) is 5.75 Å². The summed E-state index contributed by atoms with van der Waals surface area (Å²) in [6, 6.07) is 11.1. The third-order valence-corrected chi connectivity index (χ3v) is 6.27. The second-order valence-electron chi connectivity index (χ2n) is 8.17. The molecule has 2 aromatic carbocycles. The van der Waals surface area contributed by atoms with E-state index in [-0.39, 0.29) is 23.0 Å². The summed E-state index contributed by atoms with van der Waals surface area (Å²) in [5.74, 6) is 0.146. The fourth-order valence-electron chi connectivity index (χ4n) is 3.76. The van der Waals surface area contributed by atoms with Crippen molar-refractivity contribution in [3.05, 3.63) is 63.7 Å². The van der Waals surface area contributed by atoms with E-state index in [4.69, 9.17) is 4.74 Å². The third kappa shape index (κ3) is 4.96. The highest BCUT2D eigenvalue weighted by atomic mass is 32.2. The molecule has 3 rings (SSSR count). The molecule has 2 aromatic rings. The lowest BCUT2D eigenvalue weighted by molar-refractivity contribution is -0.385. The third-order valence-electron chi connectivity index (χ3n) is 5.14. The lowest BCUT2D eigenvalue weighted by Crippen LogP contribution is -2.45. The van der Waals surface area contributed by atoms with E-state index in [2.05, 4.69) is 5.32 Å². The Kier molecular flexibility index (Phi) is 5.95. The van der Waals surface area contributed by atoms with Crippen LogP contribution in [-0.2, 0) is 14.8 Å². The zero-order valence-corrected chi connectivity index (χ0v) is 18.6. The molecule has 1 unspecified atom stereocenters. The van der Waals surface area contributed by atoms with Crippen molar-refractivity contribution in [2.45, 2.75) is 38.8 Å². The fourth-order valence-corrected chi connectivity index (χ4v) is 4.67. The van der Waals surface area contributed by atoms with Gasteiger partial charge in [-0.1, -0.05) is 24.3 Å². The molecule has 1 N–H and O–H groups in total. The number of carbonyl (C=O) groups is 1. The highest BCUT2D eigenvalue weighted by molar-refractivity contribution is 7.92. The van der Waals surface area contributed by atoms with Crippen molar-refractivity contribution >= 4 is 27.3 Å². The molecule has 1 heterocycles. The Morgan fingerprint density at radius 1 is 1.26 bits per heavy atom. The number of anilines is 1. The number of ether oxygens (including phenoxy) is 1. The van der Waals surface area contributed by atoms with Gasteiger partial charge in [-0.05, 0) is 32.9 Å². The van der Waals surface area contributed by atoms with Crippen molar-refractivity contribution in [3.63, 3.8) is 0 Å². The monoisotopic (exact) mass is 447 g/mol. The molecule has 0 radical (unpaired) electrons. The van der Waals surface area contributed by atoms with Crippen molar-refractivity contribution in [2.24, 2.45) is 0 Å². The zero-order valence-electron chi connectivity index (χ0n) is 17.8. The lowest BCUT2D eigenvalue weighted by atomic mass is 9.89. The normalized spacial score (nSPS) is 17.2. The number of hydrogen-bond donors (Lipinski definition) is 1. The number of benzene rings is 2. The van der Waals surface area contributed by atoms with E-state index in [1.54, 1.807) is 0 Å². The van der Waals surface area contributed by atoms with Crippen molar-refractivity contribution in [1.29, 1.82) is 0 Å². The Hall–Kier alpha value is -3.14. The van der Waals surface area contributed by atoms with Gasteiger partial charge in [0.25, 0.3) is 5.69 Å². The van der Waals surface area contributed by atoms with Gasteiger partial charge >= 0.3 is 0 Å². The lowest BCUT2D eigenvalue weighted by Gasteiger charge is -2.38. The van der Waals surface area contributed by atoms with Crippen LogP contribution in [0.2, 0.25) is 0 Å². The summed E-state index contributed by atoms with van der Waals surface area (Å²) in [5, 5.41) is 14.2. The van der Waals surface area contributed by atoms with E-state index in [9.17, 15) is 23.3 Å². The summed E-state index contributed by atoms with van der Waals surface area (Å²) in [5.41, 5.74) is 0.349. The van der Waals surface area contributed by atoms with Crippen LogP contribution in [0.1, 0.15) is 37.4 Å². The maximum atomic E-state index is 12.9. The van der Waals surface area contributed by atoms with Gasteiger partial charge in [-0.15, -0.1) is 0 Å². The maximum Gasteiger partial charge on any atom is 0.274 e. The van der Waals surface area contributed by atoms with Crippen LogP contribution in [0.5, 0.6) is 5.75 Å². The number of hydrogen-bond acceptors (Lipinski definition) is 6. The van der Waals surface area contributed by atoms with Crippen LogP contribution in [0.4, 0.5) is 11.4 Å². The minimum Gasteiger partial charge on any atom is -0.487 e. The predicted octanol–water partition coefficient (Wildman–Crippen LogP) is 3.09. The molecule has 1 aliphatic rings. The van der Waals surface area contributed by atoms with Gasteiger partial charge in [0.1, 0.15) is 17.9 Å². The number of fused-ring (bicyclic) bond motifs is 1. The van der Waals surface area contributed by atoms with Crippen LogP contribution in [0.25, 0.3) is 0 Å². The van der Waals surface area contributed by atoms with Crippen LogP contribution in [0.15, 0.2) is 42.5 Å². The molecule has 0 aromatic heterocycles. The summed E-state index contributed by atoms with van der Waals surface area (Å²) >= 11 is 0. The molecule has 0 fully saturated rings. The molecule has 1 amide bonds. The first kappa shape index (κ1) is 22.5. The van der Waals surface area contributed by atoms with Crippen molar-refractivity contribution in [2.75, 3.05) is 17.1 Å². The first-order chi connectivity index (χ1) is 14.4. The van der Waals surface area contributed by atoms with E-state index in [1.165, 1.54) is 25.1 Å². The highest BCUT2D eigenvalue weighted by Gasteiger charge is 2.35. The smallest absolute Gasteiger partial charge is 0.274 e. The van der Waals surface area contributed by atoms with Crippen LogP contribution >= 0.6 is 0 Å². The van der Waals surface area contributed by atoms with Crippen LogP contribution in [-0.4, -0.2) is 37.6 Å². The van der Waals surface area contributed by atoms with Gasteiger partial charge in [0.2, 0.25) is 15.9 Å². The van der Waals surface area contributed by atoms with Crippen LogP contribution in [0.3, 0.4) is 0 Å². The average molecular weight is 448 g/mol. The number of rotatable bonds is 6. The van der Waals surface area contributed by atoms with E-state index in [0.29, 0.717) is 12.2 Å². The molecule has 31 heavy (non-hydrogen) atoms. The minimum absolute atomic E-state index is 0.0968. The van der Waals surface area contributed by atoms with Gasteiger partial charge in [-0.2, -0.15) is 0 Å². The second kappa shape index (κ2) is 8.18. The molecular weight excluding hydrogens is 422 g/mol. The van der Waals surface area contributed by atoms with E-state index >= 15 is 0 Å². The minimum atomic E-state index is -3.88. The van der Waals surface area contributed by atoms with Crippen LogP contribution < -0.4 is 14.4 Å². The molecule has 166 valence electrons. The summed E-state index contributed by atoms with van der Waals surface area (Å²) in [4.78, 5) is 23.6. The van der Waals surface area contributed by atoms with Gasteiger partial charge in [0.05, 0.1) is 28.5 Å². The first-order valence-corrected chi connectivity index (χ1v) is 11.5. The molecule has 1 atom stereocenters. The van der Waals surface area contributed by atoms with Gasteiger partial charge in [-0.3, -0.25) is 19.2 Å². The molecule has 9 nitrogen and oxygen atoms in total. The summed E-state index contributed by atoms with van der Waals surface area (Å²) < 4.78 is 31.8. The molecular formula is C21H25N3O6S. The van der Waals surface area contributed by atoms with E-state index < -0.39 is 33.0 Å². The quantitative estimate of drug-likeness (QED) is 0.537. The van der Waals surface area contributed by atoms with Gasteiger partial charge in [0, 0.05) is 18.1 Å². The largest absolute Gasteiger partial charge is 0.487 e. The number of nitro benzene ring substituents is 1. The number of sulfonamides is 1. The summed E-state index contributed by atoms with van der Waals surface area (Å²) in [6.45, 7) is 4.79. The van der Waals surface area contributed by atoms with Crippen molar-refractivity contribution < 1.29 is 22.9 Å². The maximum absolute atomic E-state index is 12.9. The molecule has 0 bridgehead atoms. The molecule has 0 saturated carbocycles. The summed E-state index contributed by atoms with van der Waals surface area (Å²) in [6.07, 6.45) is 1.47. The Labute approximate surface area is 181 Å². The van der Waals surface area contributed by atoms with Gasteiger partial charge in [0.15, 0.2) is 0 Å². The number of nitrogens with zero attached hydrogens (tertiary/aromatic N) is 2. The number of amides is 1. The number of para-hydroxylation sites is 1. The predicted molar refractivity (Wildman–Crippen MR) is 117 cm³/mol. The van der Waals surface area contributed by atoms with Crippen molar-refractivity contribution in [1.82, 2.24) is 5.32 Å². The fraction of sp³-hybridized carbons (Fsp3) is 0.381. The Balaban J connectivity index is 1.89. The highest BCUT2D eigenvalue weighted by Crippen LogP contribution is 2.39. The number of carbonyl (C=O) groups excluding carboxylic acids is 1. The average Bonchev–Trinajstić information content (AvgIpc) is 2.64. The zero-order chi connectivity index (χ0) is 23.0. The standard InChI is InChI=1S/C21H25N3O6S/c1-14-17(9-7-10-18(14)24(26)27)23(31(4,28)29)13-20(25)22-16-12-21(2,3)30-19-11-6-5-8-15(16)19/h5-11,16H,12-13H2,1-4H3,(H,22,25). The second-order valence-corrected chi connectivity index (χ2v) is 10.1. The van der Waals surface area contributed by atoms with E-state index in [0.717, 1.165) is 16.1 Å². The molecule has 0 spiro atoms. The molecule has 10 heteroatoms. The topological polar surface area (TPSA) is 119 Å². The number of nitrogens with one attached hydrogen (secondary N) is 1. The number of nitro groups is 1. The SMILES string of the molecule is Cc1c(N(CC(=O)NC2CC(C)(C)Oc3ccccc32)S(C)(=O)=O)cccc1[N+](=O)[O-]. The molecule has 1 aliphatic heterocycles. The molecule has 0 aliphatic carbocycles. The van der Waals surface area contributed by atoms with Crippen LogP contribution in [0, 0.1) is 17.0 Å². The van der Waals surface area contributed by atoms with Gasteiger partial charge < -0.3 is 10.1 Å². The van der Waals surface area contributed by atoms with E-state index in [1.807, 2.05) is 38.1 Å². The summed E-state index contributed by atoms with van der Waals surface area (Å²) in [7, 11) is -3.88. The Morgan fingerprint density at radius 3 is 2.58 bits per heavy atom. The van der Waals surface area contributed by atoms with Gasteiger partial charge in [-0.25, -0.2) is 8.42 Å². The first-order valence-electron chi connectivity index (χ1n) is 9.68.